The predicted molar refractivity (Wildman–Crippen MR) is 70.2 cm³/mol. The number of aromatic nitrogens is 5. The van der Waals surface area contributed by atoms with Crippen LogP contribution in [0.1, 0.15) is 18.6 Å². The number of aryl methyl sites for hydroxylation is 1. The molecule has 0 saturated heterocycles. The zero-order valence-corrected chi connectivity index (χ0v) is 11.4. The van der Waals surface area contributed by atoms with Crippen LogP contribution in [0.4, 0.5) is 11.9 Å². The molecule has 2 aromatic heterocycles. The Morgan fingerprint density at radius 3 is 2.47 bits per heavy atom. The van der Waals surface area contributed by atoms with Crippen molar-refractivity contribution < 1.29 is 4.52 Å². The Labute approximate surface area is 115 Å². The molecule has 8 nitrogen and oxygen atoms in total. The summed E-state index contributed by atoms with van der Waals surface area (Å²) in [5.41, 5.74) is 0. The highest BCUT2D eigenvalue weighted by Gasteiger charge is 2.05. The summed E-state index contributed by atoms with van der Waals surface area (Å²) in [7, 11) is 0. The zero-order valence-electron chi connectivity index (χ0n) is 10.6. The fourth-order valence-corrected chi connectivity index (χ4v) is 1.56. The van der Waals surface area contributed by atoms with Gasteiger partial charge in [-0.3, -0.25) is 0 Å². The van der Waals surface area contributed by atoms with Gasteiger partial charge in [-0.25, -0.2) is 0 Å². The van der Waals surface area contributed by atoms with Gasteiger partial charge in [0.15, 0.2) is 5.82 Å². The highest BCUT2D eigenvalue weighted by Crippen LogP contribution is 2.09. The van der Waals surface area contributed by atoms with Crippen LogP contribution in [0.5, 0.6) is 0 Å². The molecule has 2 N–H and O–H groups in total. The molecule has 2 aromatic rings. The lowest BCUT2D eigenvalue weighted by molar-refractivity contribution is 0.387. The van der Waals surface area contributed by atoms with E-state index in [1.807, 2.05) is 6.92 Å². The third-order valence-electron chi connectivity index (χ3n) is 2.14. The van der Waals surface area contributed by atoms with Gasteiger partial charge in [-0.2, -0.15) is 19.9 Å². The van der Waals surface area contributed by atoms with Crippen LogP contribution in [-0.2, 0) is 6.42 Å². The second kappa shape index (κ2) is 6.28. The number of rotatable bonds is 6. The van der Waals surface area contributed by atoms with Gasteiger partial charge in [-0.1, -0.05) is 5.16 Å². The van der Waals surface area contributed by atoms with E-state index in [0.29, 0.717) is 43.1 Å². The molecule has 0 spiro atoms. The first-order chi connectivity index (χ1) is 9.17. The Hall–Kier alpha value is -1.96. The summed E-state index contributed by atoms with van der Waals surface area (Å²) in [5, 5.41) is 9.94. The Morgan fingerprint density at radius 1 is 1.11 bits per heavy atom. The summed E-state index contributed by atoms with van der Waals surface area (Å²) in [4.78, 5) is 16.2. The van der Waals surface area contributed by atoms with E-state index < -0.39 is 0 Å². The molecule has 0 aliphatic carbocycles. The summed E-state index contributed by atoms with van der Waals surface area (Å²) in [6.45, 7) is 4.98. The minimum atomic E-state index is 0.142. The van der Waals surface area contributed by atoms with Crippen molar-refractivity contribution in [2.75, 3.05) is 23.7 Å². The van der Waals surface area contributed by atoms with Crippen LogP contribution in [0.2, 0.25) is 5.28 Å². The van der Waals surface area contributed by atoms with E-state index in [-0.39, 0.29) is 5.28 Å². The molecule has 0 atom stereocenters. The number of halogens is 1. The molecule has 0 aliphatic rings. The Kier molecular flexibility index (Phi) is 4.45. The molecule has 2 rings (SSSR count). The number of nitrogens with one attached hydrogen (secondary N) is 2. The van der Waals surface area contributed by atoms with Gasteiger partial charge in [0.1, 0.15) is 0 Å². The van der Waals surface area contributed by atoms with Crippen molar-refractivity contribution >= 4 is 23.5 Å². The molecule has 2 heterocycles. The van der Waals surface area contributed by atoms with Crippen LogP contribution in [0.3, 0.4) is 0 Å². The molecule has 0 unspecified atom stereocenters. The largest absolute Gasteiger partial charge is 0.354 e. The zero-order chi connectivity index (χ0) is 13.7. The standard InChI is InChI=1S/C10H14ClN7O/c1-3-12-9-15-8(11)16-10(17-9)13-5-4-7-14-6(2)19-18-7/h3-5H2,1-2H3,(H2,12,13,15,16,17). The van der Waals surface area contributed by atoms with Crippen molar-refractivity contribution in [1.82, 2.24) is 25.1 Å². The summed E-state index contributed by atoms with van der Waals surface area (Å²) in [5.74, 6) is 2.04. The smallest absolute Gasteiger partial charge is 0.228 e. The maximum Gasteiger partial charge on any atom is 0.228 e. The molecule has 0 aliphatic heterocycles. The maximum absolute atomic E-state index is 5.80. The van der Waals surface area contributed by atoms with Gasteiger partial charge in [-0.15, -0.1) is 0 Å². The number of nitrogens with zero attached hydrogens (tertiary/aromatic N) is 5. The lowest BCUT2D eigenvalue weighted by atomic mass is 10.4. The predicted octanol–water partition coefficient (Wildman–Crippen LogP) is 1.30. The molecule has 0 fully saturated rings. The lowest BCUT2D eigenvalue weighted by Gasteiger charge is -2.06. The molecule has 102 valence electrons. The van der Waals surface area contributed by atoms with Gasteiger partial charge >= 0.3 is 0 Å². The van der Waals surface area contributed by atoms with Crippen LogP contribution in [0.25, 0.3) is 0 Å². The summed E-state index contributed by atoms with van der Waals surface area (Å²) < 4.78 is 4.88. The van der Waals surface area contributed by atoms with Crippen molar-refractivity contribution in [3.8, 4) is 0 Å². The highest BCUT2D eigenvalue weighted by atomic mass is 35.5. The van der Waals surface area contributed by atoms with Crippen molar-refractivity contribution in [3.63, 3.8) is 0 Å². The number of hydrogen-bond donors (Lipinski definition) is 2. The average molecular weight is 284 g/mol. The number of hydrogen-bond acceptors (Lipinski definition) is 8. The molecule has 0 saturated carbocycles. The molecule has 0 radical (unpaired) electrons. The van der Waals surface area contributed by atoms with Crippen molar-refractivity contribution in [1.29, 1.82) is 0 Å². The second-order valence-corrected chi connectivity index (χ2v) is 4.03. The van der Waals surface area contributed by atoms with Gasteiger partial charge in [0.25, 0.3) is 0 Å². The highest BCUT2D eigenvalue weighted by molar-refractivity contribution is 6.28. The van der Waals surface area contributed by atoms with E-state index in [4.69, 9.17) is 16.1 Å². The van der Waals surface area contributed by atoms with E-state index in [0.717, 1.165) is 0 Å². The molecule has 0 aromatic carbocycles. The third kappa shape index (κ3) is 4.02. The number of anilines is 2. The fourth-order valence-electron chi connectivity index (χ4n) is 1.40. The van der Waals surface area contributed by atoms with E-state index in [2.05, 4.69) is 35.7 Å². The molecular weight excluding hydrogens is 270 g/mol. The van der Waals surface area contributed by atoms with E-state index in [9.17, 15) is 0 Å². The van der Waals surface area contributed by atoms with Crippen LogP contribution in [0, 0.1) is 6.92 Å². The molecule has 9 heteroatoms. The van der Waals surface area contributed by atoms with E-state index in [1.54, 1.807) is 6.92 Å². The van der Waals surface area contributed by atoms with Gasteiger partial charge in [-0.05, 0) is 18.5 Å². The first-order valence-electron chi connectivity index (χ1n) is 5.86. The lowest BCUT2D eigenvalue weighted by Crippen LogP contribution is -2.11. The first-order valence-corrected chi connectivity index (χ1v) is 6.23. The van der Waals surface area contributed by atoms with Crippen LogP contribution >= 0.6 is 11.6 Å². The van der Waals surface area contributed by atoms with Crippen LogP contribution in [0.15, 0.2) is 4.52 Å². The topological polar surface area (TPSA) is 102 Å². The van der Waals surface area contributed by atoms with Crippen LogP contribution < -0.4 is 10.6 Å². The van der Waals surface area contributed by atoms with Gasteiger partial charge in [0.2, 0.25) is 23.1 Å². The fraction of sp³-hybridized carbons (Fsp3) is 0.500. The Bertz CT molecular complexity index is 544. The van der Waals surface area contributed by atoms with E-state index >= 15 is 0 Å². The average Bonchev–Trinajstić information content (AvgIpc) is 2.75. The van der Waals surface area contributed by atoms with Gasteiger partial charge in [0, 0.05) is 26.4 Å². The molecule has 0 amide bonds. The Morgan fingerprint density at radius 2 is 1.84 bits per heavy atom. The van der Waals surface area contributed by atoms with Crippen molar-refractivity contribution in [2.45, 2.75) is 20.3 Å². The monoisotopic (exact) mass is 283 g/mol. The molecule has 0 bridgehead atoms. The summed E-state index contributed by atoms with van der Waals surface area (Å²) >= 11 is 5.80. The third-order valence-corrected chi connectivity index (χ3v) is 2.31. The second-order valence-electron chi connectivity index (χ2n) is 3.69. The minimum absolute atomic E-state index is 0.142. The Balaban J connectivity index is 1.91. The molecular formula is C10H14ClN7O. The summed E-state index contributed by atoms with van der Waals surface area (Å²) in [6, 6.07) is 0. The maximum atomic E-state index is 5.80. The summed E-state index contributed by atoms with van der Waals surface area (Å²) in [6.07, 6.45) is 0.608. The molecule has 19 heavy (non-hydrogen) atoms. The van der Waals surface area contributed by atoms with Gasteiger partial charge in [0.05, 0.1) is 0 Å². The minimum Gasteiger partial charge on any atom is -0.354 e. The van der Waals surface area contributed by atoms with Crippen molar-refractivity contribution in [2.24, 2.45) is 0 Å². The van der Waals surface area contributed by atoms with Gasteiger partial charge < -0.3 is 15.2 Å². The SMILES string of the molecule is CCNc1nc(Cl)nc(NCCc2noc(C)n2)n1. The first kappa shape index (κ1) is 13.5. The van der Waals surface area contributed by atoms with E-state index in [1.165, 1.54) is 0 Å². The van der Waals surface area contributed by atoms with Crippen LogP contribution in [-0.4, -0.2) is 38.2 Å². The normalized spacial score (nSPS) is 10.5. The quantitative estimate of drug-likeness (QED) is 0.818. The van der Waals surface area contributed by atoms with Crippen molar-refractivity contribution in [3.05, 3.63) is 17.0 Å².